The Morgan fingerprint density at radius 1 is 1.31 bits per heavy atom. The summed E-state index contributed by atoms with van der Waals surface area (Å²) in [6.07, 6.45) is -1.26. The molecule has 0 saturated carbocycles. The molecule has 3 aliphatic heterocycles. The second-order valence-electron chi connectivity index (χ2n) is 7.16. The third-order valence-corrected chi connectivity index (χ3v) is 4.95. The van der Waals surface area contributed by atoms with Crippen molar-refractivity contribution in [2.45, 2.75) is 13.0 Å². The molecule has 1 N–H and O–H groups in total. The van der Waals surface area contributed by atoms with Crippen LogP contribution in [0.2, 0.25) is 0 Å². The molecule has 1 unspecified atom stereocenters. The number of anilines is 2. The molecular weight excluding hydrogens is 348 g/mol. The number of rotatable bonds is 4. The van der Waals surface area contributed by atoms with E-state index in [2.05, 4.69) is 5.32 Å². The Labute approximate surface area is 148 Å². The van der Waals surface area contributed by atoms with Crippen LogP contribution in [-0.2, 0) is 14.3 Å². The third kappa shape index (κ3) is 2.86. The average molecular weight is 367 g/mol. The van der Waals surface area contributed by atoms with Crippen LogP contribution < -0.4 is 15.1 Å². The Hall–Kier alpha value is -2.42. The maximum atomic E-state index is 14.5. The zero-order chi connectivity index (χ0) is 18.5. The lowest BCUT2D eigenvalue weighted by Gasteiger charge is -2.56. The van der Waals surface area contributed by atoms with Gasteiger partial charge in [-0.1, -0.05) is 0 Å². The first kappa shape index (κ1) is 17.0. The van der Waals surface area contributed by atoms with Crippen LogP contribution in [0, 0.1) is 17.0 Å². The highest BCUT2D eigenvalue weighted by molar-refractivity contribution is 5.90. The maximum absolute atomic E-state index is 14.5. The zero-order valence-corrected chi connectivity index (χ0v) is 14.3. The van der Waals surface area contributed by atoms with Crippen molar-refractivity contribution in [2.75, 3.05) is 49.2 Å². The van der Waals surface area contributed by atoms with Crippen LogP contribution in [0.4, 0.5) is 25.0 Å². The maximum Gasteiger partial charge on any atom is 0.414 e. The number of carbonyl (C=O) groups is 2. The third-order valence-electron chi connectivity index (χ3n) is 4.95. The van der Waals surface area contributed by atoms with Gasteiger partial charge in [0.1, 0.15) is 11.8 Å². The second kappa shape index (κ2) is 6.08. The number of amides is 2. The van der Waals surface area contributed by atoms with Gasteiger partial charge in [0.2, 0.25) is 5.91 Å². The van der Waals surface area contributed by atoms with E-state index >= 15 is 0 Å². The molecule has 140 valence electrons. The number of carbonyl (C=O) groups excluding carboxylic acids is 2. The van der Waals surface area contributed by atoms with Crippen LogP contribution in [0.25, 0.3) is 0 Å². The van der Waals surface area contributed by atoms with Crippen molar-refractivity contribution in [3.8, 4) is 0 Å². The van der Waals surface area contributed by atoms with Gasteiger partial charge in [-0.05, 0) is 0 Å². The molecule has 7 nitrogen and oxygen atoms in total. The van der Waals surface area contributed by atoms with Crippen molar-refractivity contribution >= 4 is 23.4 Å². The molecule has 0 radical (unpaired) electrons. The number of nitrogens with one attached hydrogen (secondary N) is 1. The van der Waals surface area contributed by atoms with Crippen molar-refractivity contribution in [1.29, 1.82) is 0 Å². The average Bonchev–Trinajstić information content (AvgIpc) is 2.85. The molecule has 3 fully saturated rings. The zero-order valence-electron chi connectivity index (χ0n) is 14.3. The van der Waals surface area contributed by atoms with E-state index in [-0.39, 0.29) is 35.8 Å². The first-order valence-corrected chi connectivity index (χ1v) is 8.41. The van der Waals surface area contributed by atoms with E-state index in [0.29, 0.717) is 26.3 Å². The SMILES string of the molecule is CC(=O)NCC1CN(c2cc(F)c(N3CC4(COC4)C3)c(F)c2)C(=O)O1. The van der Waals surface area contributed by atoms with Gasteiger partial charge in [0, 0.05) is 32.1 Å². The molecule has 4 rings (SSSR count). The molecule has 1 spiro atoms. The summed E-state index contributed by atoms with van der Waals surface area (Å²) in [4.78, 5) is 25.8. The minimum Gasteiger partial charge on any atom is -0.442 e. The quantitative estimate of drug-likeness (QED) is 0.868. The van der Waals surface area contributed by atoms with Crippen molar-refractivity contribution in [1.82, 2.24) is 5.32 Å². The van der Waals surface area contributed by atoms with Gasteiger partial charge in [0.05, 0.1) is 37.4 Å². The number of nitrogens with zero attached hydrogens (tertiary/aromatic N) is 2. The van der Waals surface area contributed by atoms with Gasteiger partial charge in [-0.25, -0.2) is 13.6 Å². The number of benzene rings is 1. The lowest BCUT2D eigenvalue weighted by atomic mass is 9.77. The fourth-order valence-corrected chi connectivity index (χ4v) is 3.60. The predicted molar refractivity (Wildman–Crippen MR) is 88.1 cm³/mol. The van der Waals surface area contributed by atoms with Crippen LogP contribution in [0.3, 0.4) is 0 Å². The van der Waals surface area contributed by atoms with Gasteiger partial charge in [-0.2, -0.15) is 0 Å². The molecule has 0 aliphatic carbocycles. The van der Waals surface area contributed by atoms with Crippen LogP contribution in [0.15, 0.2) is 12.1 Å². The van der Waals surface area contributed by atoms with E-state index < -0.39 is 23.8 Å². The topological polar surface area (TPSA) is 71.1 Å². The second-order valence-corrected chi connectivity index (χ2v) is 7.16. The van der Waals surface area contributed by atoms with Gasteiger partial charge in [0.25, 0.3) is 0 Å². The van der Waals surface area contributed by atoms with Gasteiger partial charge < -0.3 is 19.7 Å². The molecular formula is C17H19F2N3O4. The molecule has 0 bridgehead atoms. The van der Waals surface area contributed by atoms with Gasteiger partial charge in [0.15, 0.2) is 11.6 Å². The number of hydrogen-bond acceptors (Lipinski definition) is 5. The first-order valence-electron chi connectivity index (χ1n) is 8.41. The van der Waals surface area contributed by atoms with Gasteiger partial charge in [-0.15, -0.1) is 0 Å². The molecule has 1 atom stereocenters. The summed E-state index contributed by atoms with van der Waals surface area (Å²) in [5, 5.41) is 2.55. The molecule has 0 aromatic heterocycles. The predicted octanol–water partition coefficient (Wildman–Crippen LogP) is 1.26. The van der Waals surface area contributed by atoms with Crippen molar-refractivity contribution in [3.05, 3.63) is 23.8 Å². The molecule has 1 aromatic rings. The molecule has 9 heteroatoms. The molecule has 3 saturated heterocycles. The molecule has 26 heavy (non-hydrogen) atoms. The molecule has 3 heterocycles. The molecule has 1 aromatic carbocycles. The molecule has 2 amide bonds. The standard InChI is InChI=1S/C17H19F2N3O4/c1-10(23)20-4-12-5-22(16(24)26-12)11-2-13(18)15(14(19)3-11)21-6-17(7-21)8-25-9-17/h2-3,12H,4-9H2,1H3,(H,20,23). The van der Waals surface area contributed by atoms with Gasteiger partial charge >= 0.3 is 6.09 Å². The van der Waals surface area contributed by atoms with Crippen LogP contribution >= 0.6 is 0 Å². The van der Waals surface area contributed by atoms with E-state index in [1.165, 1.54) is 11.8 Å². The van der Waals surface area contributed by atoms with E-state index in [9.17, 15) is 18.4 Å². The Morgan fingerprint density at radius 2 is 1.96 bits per heavy atom. The first-order chi connectivity index (χ1) is 12.4. The minimum absolute atomic E-state index is 0.0350. The Balaban J connectivity index is 1.48. The summed E-state index contributed by atoms with van der Waals surface area (Å²) in [7, 11) is 0. The summed E-state index contributed by atoms with van der Waals surface area (Å²) in [5.41, 5.74) is 0.0580. The van der Waals surface area contributed by atoms with Crippen LogP contribution in [-0.4, -0.2) is 57.5 Å². The number of halogens is 2. The fourth-order valence-electron chi connectivity index (χ4n) is 3.60. The van der Waals surface area contributed by atoms with Crippen LogP contribution in [0.1, 0.15) is 6.92 Å². The van der Waals surface area contributed by atoms with E-state index in [1.807, 2.05) is 0 Å². The largest absolute Gasteiger partial charge is 0.442 e. The minimum atomic E-state index is -0.715. The monoisotopic (exact) mass is 367 g/mol. The number of hydrogen-bond donors (Lipinski definition) is 1. The Kier molecular flexibility index (Phi) is 3.98. The van der Waals surface area contributed by atoms with E-state index in [0.717, 1.165) is 12.1 Å². The van der Waals surface area contributed by atoms with Crippen LogP contribution in [0.5, 0.6) is 0 Å². The highest BCUT2D eigenvalue weighted by atomic mass is 19.1. The van der Waals surface area contributed by atoms with Crippen molar-refractivity contribution in [2.24, 2.45) is 5.41 Å². The summed E-state index contributed by atoms with van der Waals surface area (Å²) in [6, 6.07) is 2.28. The lowest BCUT2D eigenvalue weighted by Crippen LogP contribution is -2.66. The fraction of sp³-hybridized carbons (Fsp3) is 0.529. The number of ether oxygens (including phenoxy) is 2. The normalized spacial score (nSPS) is 23.5. The summed E-state index contributed by atoms with van der Waals surface area (Å²) in [6.45, 7) is 3.99. The lowest BCUT2D eigenvalue weighted by molar-refractivity contribution is -0.127. The van der Waals surface area contributed by atoms with Crippen molar-refractivity contribution < 1.29 is 27.8 Å². The molecule has 3 aliphatic rings. The highest BCUT2D eigenvalue weighted by Gasteiger charge is 2.50. The van der Waals surface area contributed by atoms with E-state index in [4.69, 9.17) is 9.47 Å². The van der Waals surface area contributed by atoms with Gasteiger partial charge in [-0.3, -0.25) is 9.69 Å². The number of cyclic esters (lactones) is 1. The highest BCUT2D eigenvalue weighted by Crippen LogP contribution is 2.42. The smallest absolute Gasteiger partial charge is 0.414 e. The summed E-state index contributed by atoms with van der Waals surface area (Å²) >= 11 is 0. The summed E-state index contributed by atoms with van der Waals surface area (Å²) < 4.78 is 39.4. The summed E-state index contributed by atoms with van der Waals surface area (Å²) in [5.74, 6) is -1.67. The Morgan fingerprint density at radius 3 is 2.50 bits per heavy atom. The van der Waals surface area contributed by atoms with Crippen molar-refractivity contribution in [3.63, 3.8) is 0 Å². The van der Waals surface area contributed by atoms with E-state index in [1.54, 1.807) is 4.90 Å². The Bertz CT molecular complexity index is 737.